The molecule has 0 unspecified atom stereocenters. The topological polar surface area (TPSA) is 20.2 Å². The van der Waals surface area contributed by atoms with Gasteiger partial charge in [0.1, 0.15) is 6.10 Å². The second kappa shape index (κ2) is 5.99. The average Bonchev–Trinajstić information content (AvgIpc) is 2.90. The molecule has 1 nitrogen and oxygen atoms in total. The molecule has 0 aliphatic rings. The number of rotatable bonds is 5. The van der Waals surface area contributed by atoms with Crippen LogP contribution in [0.2, 0.25) is 0 Å². The van der Waals surface area contributed by atoms with E-state index in [1.165, 1.54) is 18.4 Å². The number of unbranched alkanes of at least 4 members (excludes halogenated alkanes) is 1. The maximum Gasteiger partial charge on any atom is 0.113 e. The summed E-state index contributed by atoms with van der Waals surface area (Å²) in [6.45, 7) is 2.20. The Hall–Kier alpha value is -1.12. The molecule has 1 atom stereocenters. The molecule has 0 amide bonds. The molecule has 0 aliphatic heterocycles. The van der Waals surface area contributed by atoms with Gasteiger partial charge in [0.05, 0.1) is 0 Å². The normalized spacial score (nSPS) is 12.6. The zero-order valence-electron chi connectivity index (χ0n) is 10.1. The van der Waals surface area contributed by atoms with Gasteiger partial charge in [-0.25, -0.2) is 0 Å². The number of thiophene rings is 1. The van der Waals surface area contributed by atoms with Crippen LogP contribution < -0.4 is 0 Å². The Kier molecular flexibility index (Phi) is 4.35. The van der Waals surface area contributed by atoms with Crippen LogP contribution in [0.15, 0.2) is 41.8 Å². The van der Waals surface area contributed by atoms with Crippen LogP contribution in [-0.4, -0.2) is 5.11 Å². The first-order valence-electron chi connectivity index (χ1n) is 6.11. The standard InChI is InChI=1S/C15H18OS/c1-2-3-5-12-7-9-13(10-8-12)15(16)14-6-4-11-17-14/h4,6-11,15-16H,2-3,5H2,1H3/t15-/m0/s1. The molecule has 90 valence electrons. The molecular formula is C15H18OS. The first kappa shape index (κ1) is 12.3. The molecule has 2 aromatic rings. The van der Waals surface area contributed by atoms with Gasteiger partial charge in [-0.15, -0.1) is 11.3 Å². The number of hydrogen-bond acceptors (Lipinski definition) is 2. The van der Waals surface area contributed by atoms with Crippen molar-refractivity contribution in [3.63, 3.8) is 0 Å². The van der Waals surface area contributed by atoms with Crippen molar-refractivity contribution in [2.75, 3.05) is 0 Å². The van der Waals surface area contributed by atoms with E-state index in [2.05, 4.69) is 19.1 Å². The summed E-state index contributed by atoms with van der Waals surface area (Å²) in [5.41, 5.74) is 2.33. The largest absolute Gasteiger partial charge is 0.383 e. The second-order valence-corrected chi connectivity index (χ2v) is 5.24. The minimum absolute atomic E-state index is 0.477. The van der Waals surface area contributed by atoms with Crippen molar-refractivity contribution in [1.82, 2.24) is 0 Å². The highest BCUT2D eigenvalue weighted by molar-refractivity contribution is 7.10. The molecule has 0 saturated heterocycles. The SMILES string of the molecule is CCCCc1ccc([C@H](O)c2cccs2)cc1. The zero-order valence-corrected chi connectivity index (χ0v) is 10.9. The molecule has 0 fully saturated rings. The summed E-state index contributed by atoms with van der Waals surface area (Å²) in [6.07, 6.45) is 3.10. The van der Waals surface area contributed by atoms with E-state index in [1.807, 2.05) is 29.6 Å². The molecule has 0 radical (unpaired) electrons. The molecule has 0 saturated carbocycles. The Morgan fingerprint density at radius 3 is 2.53 bits per heavy atom. The van der Waals surface area contributed by atoms with E-state index in [4.69, 9.17) is 0 Å². The van der Waals surface area contributed by atoms with Crippen molar-refractivity contribution in [3.05, 3.63) is 57.8 Å². The third-order valence-electron chi connectivity index (χ3n) is 2.93. The molecule has 1 heterocycles. The fourth-order valence-corrected chi connectivity index (χ4v) is 2.60. The number of aliphatic hydroxyl groups is 1. The monoisotopic (exact) mass is 246 g/mol. The van der Waals surface area contributed by atoms with Crippen LogP contribution in [0, 0.1) is 0 Å². The lowest BCUT2D eigenvalue weighted by Crippen LogP contribution is -1.97. The van der Waals surface area contributed by atoms with Gasteiger partial charge in [0.15, 0.2) is 0 Å². The minimum atomic E-state index is -0.477. The van der Waals surface area contributed by atoms with E-state index in [9.17, 15) is 5.11 Å². The van der Waals surface area contributed by atoms with Gasteiger partial charge >= 0.3 is 0 Å². The van der Waals surface area contributed by atoms with Gasteiger partial charge in [-0.1, -0.05) is 43.7 Å². The van der Waals surface area contributed by atoms with Crippen molar-refractivity contribution in [2.45, 2.75) is 32.3 Å². The maximum atomic E-state index is 10.2. The number of aliphatic hydroxyl groups excluding tert-OH is 1. The van der Waals surface area contributed by atoms with E-state index in [1.54, 1.807) is 11.3 Å². The third kappa shape index (κ3) is 3.18. The van der Waals surface area contributed by atoms with Gasteiger partial charge in [0.2, 0.25) is 0 Å². The summed E-state index contributed by atoms with van der Waals surface area (Å²) in [4.78, 5) is 1.01. The highest BCUT2D eigenvalue weighted by Crippen LogP contribution is 2.25. The fraction of sp³-hybridized carbons (Fsp3) is 0.333. The van der Waals surface area contributed by atoms with Gasteiger partial charge in [0, 0.05) is 4.88 Å². The number of aryl methyl sites for hydroxylation is 1. The summed E-state index contributed by atoms with van der Waals surface area (Å²) in [5.74, 6) is 0. The summed E-state index contributed by atoms with van der Waals surface area (Å²) in [6, 6.07) is 12.3. The number of hydrogen-bond donors (Lipinski definition) is 1. The molecule has 0 spiro atoms. The van der Waals surface area contributed by atoms with Crippen LogP contribution in [0.5, 0.6) is 0 Å². The van der Waals surface area contributed by atoms with Crippen LogP contribution >= 0.6 is 11.3 Å². The first-order valence-corrected chi connectivity index (χ1v) is 6.99. The molecule has 17 heavy (non-hydrogen) atoms. The molecule has 1 aromatic heterocycles. The molecule has 1 aromatic carbocycles. The average molecular weight is 246 g/mol. The van der Waals surface area contributed by atoms with Gasteiger partial charge in [-0.2, -0.15) is 0 Å². The molecule has 1 N–H and O–H groups in total. The molecule has 2 rings (SSSR count). The Labute approximate surface area is 107 Å². The zero-order chi connectivity index (χ0) is 12.1. The van der Waals surface area contributed by atoms with Gasteiger partial charge in [-0.05, 0) is 35.4 Å². The maximum absolute atomic E-state index is 10.2. The van der Waals surface area contributed by atoms with Crippen LogP contribution in [-0.2, 0) is 6.42 Å². The smallest absolute Gasteiger partial charge is 0.113 e. The van der Waals surface area contributed by atoms with Crippen molar-refractivity contribution in [2.24, 2.45) is 0 Å². The van der Waals surface area contributed by atoms with Crippen LogP contribution in [0.1, 0.15) is 41.9 Å². The third-order valence-corrected chi connectivity index (χ3v) is 3.85. The second-order valence-electron chi connectivity index (χ2n) is 4.26. The predicted molar refractivity (Wildman–Crippen MR) is 73.4 cm³/mol. The first-order chi connectivity index (χ1) is 8.31. The van der Waals surface area contributed by atoms with Crippen LogP contribution in [0.4, 0.5) is 0 Å². The summed E-state index contributed by atoms with van der Waals surface area (Å²) in [7, 11) is 0. The number of benzene rings is 1. The summed E-state index contributed by atoms with van der Waals surface area (Å²) >= 11 is 1.59. The van der Waals surface area contributed by atoms with Crippen molar-refractivity contribution < 1.29 is 5.11 Å². The van der Waals surface area contributed by atoms with E-state index in [0.29, 0.717) is 0 Å². The molecule has 2 heteroatoms. The van der Waals surface area contributed by atoms with Crippen LogP contribution in [0.25, 0.3) is 0 Å². The van der Waals surface area contributed by atoms with Crippen molar-refractivity contribution in [3.8, 4) is 0 Å². The summed E-state index contributed by atoms with van der Waals surface area (Å²) in [5, 5.41) is 12.2. The van der Waals surface area contributed by atoms with Gasteiger partial charge < -0.3 is 5.11 Å². The van der Waals surface area contributed by atoms with Crippen molar-refractivity contribution >= 4 is 11.3 Å². The van der Waals surface area contributed by atoms with E-state index < -0.39 is 6.10 Å². The van der Waals surface area contributed by atoms with Crippen molar-refractivity contribution in [1.29, 1.82) is 0 Å². The molecule has 0 aliphatic carbocycles. The highest BCUT2D eigenvalue weighted by Gasteiger charge is 2.10. The Morgan fingerprint density at radius 1 is 1.18 bits per heavy atom. The Balaban J connectivity index is 2.07. The Morgan fingerprint density at radius 2 is 1.94 bits per heavy atom. The quantitative estimate of drug-likeness (QED) is 0.839. The molecular weight excluding hydrogens is 228 g/mol. The lowest BCUT2D eigenvalue weighted by molar-refractivity contribution is 0.224. The van der Waals surface area contributed by atoms with Gasteiger partial charge in [-0.3, -0.25) is 0 Å². The lowest BCUT2D eigenvalue weighted by Gasteiger charge is -2.09. The lowest BCUT2D eigenvalue weighted by atomic mass is 10.0. The fourth-order valence-electron chi connectivity index (χ4n) is 1.86. The minimum Gasteiger partial charge on any atom is -0.383 e. The summed E-state index contributed by atoms with van der Waals surface area (Å²) < 4.78 is 0. The predicted octanol–water partition coefficient (Wildman–Crippen LogP) is 4.17. The van der Waals surface area contributed by atoms with Gasteiger partial charge in [0.25, 0.3) is 0 Å². The van der Waals surface area contributed by atoms with E-state index >= 15 is 0 Å². The Bertz CT molecular complexity index is 430. The van der Waals surface area contributed by atoms with E-state index in [0.717, 1.165) is 16.9 Å². The highest BCUT2D eigenvalue weighted by atomic mass is 32.1. The molecule has 0 bridgehead atoms. The van der Waals surface area contributed by atoms with E-state index in [-0.39, 0.29) is 0 Å². The van der Waals surface area contributed by atoms with Crippen LogP contribution in [0.3, 0.4) is 0 Å².